The average molecular weight is 302 g/mol. The smallest absolute Gasteiger partial charge is 0.387 e. The van der Waals surface area contributed by atoms with Gasteiger partial charge in [0.1, 0.15) is 5.75 Å². The van der Waals surface area contributed by atoms with Crippen molar-refractivity contribution in [3.8, 4) is 5.75 Å². The van der Waals surface area contributed by atoms with E-state index in [1.165, 1.54) is 17.0 Å². The predicted molar refractivity (Wildman–Crippen MR) is 74.0 cm³/mol. The minimum atomic E-state index is -2.85. The lowest BCUT2D eigenvalue weighted by atomic mass is 10.1. The average Bonchev–Trinajstić information content (AvgIpc) is 2.45. The Morgan fingerprint density at radius 3 is 2.48 bits per heavy atom. The third-order valence-corrected chi connectivity index (χ3v) is 2.89. The van der Waals surface area contributed by atoms with Gasteiger partial charge in [0, 0.05) is 27.3 Å². The number of alkyl halides is 2. The number of benzene rings is 1. The SMILES string of the molecule is COCCC(N)C(=O)N(C)Cc1ccc(OC(F)F)cc1. The Morgan fingerprint density at radius 2 is 1.95 bits per heavy atom. The van der Waals surface area contributed by atoms with Gasteiger partial charge in [-0.2, -0.15) is 8.78 Å². The molecular weight excluding hydrogens is 282 g/mol. The van der Waals surface area contributed by atoms with E-state index < -0.39 is 12.7 Å². The molecule has 0 aliphatic heterocycles. The summed E-state index contributed by atoms with van der Waals surface area (Å²) in [5.41, 5.74) is 6.56. The Morgan fingerprint density at radius 1 is 1.33 bits per heavy atom. The van der Waals surface area contributed by atoms with Crippen molar-refractivity contribution in [2.24, 2.45) is 5.73 Å². The third-order valence-electron chi connectivity index (χ3n) is 2.89. The van der Waals surface area contributed by atoms with E-state index in [9.17, 15) is 13.6 Å². The van der Waals surface area contributed by atoms with Gasteiger partial charge in [-0.05, 0) is 24.1 Å². The minimum absolute atomic E-state index is 0.0829. The quantitative estimate of drug-likeness (QED) is 0.792. The second-order valence-corrected chi connectivity index (χ2v) is 4.60. The highest BCUT2D eigenvalue weighted by molar-refractivity contribution is 5.81. The zero-order valence-electron chi connectivity index (χ0n) is 12.1. The lowest BCUT2D eigenvalue weighted by Crippen LogP contribution is -2.42. The van der Waals surface area contributed by atoms with Crippen LogP contribution >= 0.6 is 0 Å². The molecule has 1 atom stereocenters. The maximum Gasteiger partial charge on any atom is 0.387 e. The molecule has 2 N–H and O–H groups in total. The van der Waals surface area contributed by atoms with Crippen molar-refractivity contribution in [1.82, 2.24) is 4.90 Å². The van der Waals surface area contributed by atoms with Crippen LogP contribution in [0.2, 0.25) is 0 Å². The molecule has 21 heavy (non-hydrogen) atoms. The largest absolute Gasteiger partial charge is 0.435 e. The molecule has 0 bridgehead atoms. The highest BCUT2D eigenvalue weighted by Gasteiger charge is 2.17. The molecule has 0 aliphatic rings. The minimum Gasteiger partial charge on any atom is -0.435 e. The fourth-order valence-corrected chi connectivity index (χ4v) is 1.78. The molecule has 1 unspecified atom stereocenters. The van der Waals surface area contributed by atoms with E-state index in [-0.39, 0.29) is 11.7 Å². The van der Waals surface area contributed by atoms with Crippen molar-refractivity contribution < 1.29 is 23.0 Å². The first-order valence-corrected chi connectivity index (χ1v) is 6.47. The van der Waals surface area contributed by atoms with Gasteiger partial charge in [0.25, 0.3) is 0 Å². The van der Waals surface area contributed by atoms with E-state index in [1.807, 2.05) is 0 Å². The van der Waals surface area contributed by atoms with Gasteiger partial charge in [0.15, 0.2) is 0 Å². The standard InChI is InChI=1S/C14H20F2N2O3/c1-18(13(19)12(17)7-8-20-2)9-10-3-5-11(6-4-10)21-14(15)16/h3-6,12,14H,7-9,17H2,1-2H3. The van der Waals surface area contributed by atoms with Crippen LogP contribution in [0.25, 0.3) is 0 Å². The van der Waals surface area contributed by atoms with Crippen LogP contribution in [0.15, 0.2) is 24.3 Å². The molecule has 0 aliphatic carbocycles. The van der Waals surface area contributed by atoms with Crippen molar-refractivity contribution >= 4 is 5.91 Å². The van der Waals surface area contributed by atoms with Crippen LogP contribution in [0.1, 0.15) is 12.0 Å². The van der Waals surface area contributed by atoms with Crippen LogP contribution in [0, 0.1) is 0 Å². The zero-order chi connectivity index (χ0) is 15.8. The molecule has 0 spiro atoms. The lowest BCUT2D eigenvalue weighted by Gasteiger charge is -2.21. The number of hydrogen-bond acceptors (Lipinski definition) is 4. The molecule has 0 radical (unpaired) electrons. The number of carbonyl (C=O) groups excluding carboxylic acids is 1. The highest BCUT2D eigenvalue weighted by atomic mass is 19.3. The number of ether oxygens (including phenoxy) is 2. The molecule has 0 saturated carbocycles. The Bertz CT molecular complexity index is 440. The van der Waals surface area contributed by atoms with Crippen LogP contribution in [-0.2, 0) is 16.1 Å². The van der Waals surface area contributed by atoms with Crippen molar-refractivity contribution in [3.05, 3.63) is 29.8 Å². The molecule has 0 aromatic heterocycles. The molecule has 5 nitrogen and oxygen atoms in total. The maximum absolute atomic E-state index is 12.0. The van der Waals surface area contributed by atoms with E-state index in [2.05, 4.69) is 4.74 Å². The van der Waals surface area contributed by atoms with Gasteiger partial charge in [-0.25, -0.2) is 0 Å². The zero-order valence-corrected chi connectivity index (χ0v) is 12.1. The molecule has 1 aromatic carbocycles. The van der Waals surface area contributed by atoms with Crippen LogP contribution in [0.3, 0.4) is 0 Å². The number of halogens is 2. The lowest BCUT2D eigenvalue weighted by molar-refractivity contribution is -0.132. The van der Waals surface area contributed by atoms with Crippen LogP contribution in [0.4, 0.5) is 8.78 Å². The van der Waals surface area contributed by atoms with Crippen molar-refractivity contribution in [3.63, 3.8) is 0 Å². The molecule has 1 rings (SSSR count). The van der Waals surface area contributed by atoms with Gasteiger partial charge >= 0.3 is 6.61 Å². The van der Waals surface area contributed by atoms with E-state index in [0.717, 1.165) is 5.56 Å². The van der Waals surface area contributed by atoms with Crippen LogP contribution < -0.4 is 10.5 Å². The first-order chi connectivity index (χ1) is 9.93. The number of methoxy groups -OCH3 is 1. The summed E-state index contributed by atoms with van der Waals surface area (Å²) >= 11 is 0. The van der Waals surface area contributed by atoms with E-state index in [1.54, 1.807) is 26.3 Å². The van der Waals surface area contributed by atoms with Gasteiger partial charge in [-0.1, -0.05) is 12.1 Å². The molecule has 7 heteroatoms. The van der Waals surface area contributed by atoms with Gasteiger partial charge in [0.2, 0.25) is 5.91 Å². The van der Waals surface area contributed by atoms with Gasteiger partial charge < -0.3 is 20.1 Å². The molecule has 0 heterocycles. The number of amides is 1. The number of nitrogens with two attached hydrogens (primary N) is 1. The summed E-state index contributed by atoms with van der Waals surface area (Å²) < 4.78 is 33.2. The summed E-state index contributed by atoms with van der Waals surface area (Å²) in [6, 6.07) is 5.51. The second kappa shape index (κ2) is 8.53. The fourth-order valence-electron chi connectivity index (χ4n) is 1.78. The second-order valence-electron chi connectivity index (χ2n) is 4.60. The summed E-state index contributed by atoms with van der Waals surface area (Å²) in [6.07, 6.45) is 0.445. The van der Waals surface area contributed by atoms with E-state index in [4.69, 9.17) is 10.5 Å². The van der Waals surface area contributed by atoms with Gasteiger partial charge in [-0.3, -0.25) is 4.79 Å². The van der Waals surface area contributed by atoms with E-state index in [0.29, 0.717) is 19.6 Å². The van der Waals surface area contributed by atoms with Crippen LogP contribution in [0.5, 0.6) is 5.75 Å². The monoisotopic (exact) mass is 302 g/mol. The molecule has 0 saturated heterocycles. The summed E-state index contributed by atoms with van der Waals surface area (Å²) in [5, 5.41) is 0. The Balaban J connectivity index is 2.53. The molecular formula is C14H20F2N2O3. The van der Waals surface area contributed by atoms with Gasteiger partial charge in [0.05, 0.1) is 6.04 Å². The van der Waals surface area contributed by atoms with Crippen molar-refractivity contribution in [2.75, 3.05) is 20.8 Å². The number of rotatable bonds is 8. The first kappa shape index (κ1) is 17.3. The third kappa shape index (κ3) is 6.05. The highest BCUT2D eigenvalue weighted by Crippen LogP contribution is 2.16. The van der Waals surface area contributed by atoms with Gasteiger partial charge in [-0.15, -0.1) is 0 Å². The van der Waals surface area contributed by atoms with Crippen LogP contribution in [-0.4, -0.2) is 44.2 Å². The Kier molecular flexibility index (Phi) is 7.04. The summed E-state index contributed by atoms with van der Waals surface area (Å²) in [4.78, 5) is 13.5. The molecule has 1 aromatic rings. The molecule has 118 valence electrons. The number of carbonyl (C=O) groups is 1. The molecule has 1 amide bonds. The number of likely N-dealkylation sites (N-methyl/N-ethyl adjacent to an activating group) is 1. The molecule has 0 fully saturated rings. The Hall–Kier alpha value is -1.73. The predicted octanol–water partition coefficient (Wildman–Crippen LogP) is 1.61. The number of nitrogens with zero attached hydrogens (tertiary/aromatic N) is 1. The summed E-state index contributed by atoms with van der Waals surface area (Å²) in [6.45, 7) is -2.09. The normalized spacial score (nSPS) is 12.3. The van der Waals surface area contributed by atoms with Crippen molar-refractivity contribution in [1.29, 1.82) is 0 Å². The fraction of sp³-hybridized carbons (Fsp3) is 0.500. The van der Waals surface area contributed by atoms with Crippen molar-refractivity contribution in [2.45, 2.75) is 25.6 Å². The number of hydrogen-bond donors (Lipinski definition) is 1. The maximum atomic E-state index is 12.0. The summed E-state index contributed by atoms with van der Waals surface area (Å²) in [5.74, 6) is -0.112. The Labute approximate surface area is 122 Å². The van der Waals surface area contributed by atoms with E-state index >= 15 is 0 Å². The summed E-state index contributed by atoms with van der Waals surface area (Å²) in [7, 11) is 3.18. The first-order valence-electron chi connectivity index (χ1n) is 6.47. The topological polar surface area (TPSA) is 64.8 Å².